The lowest BCUT2D eigenvalue weighted by Crippen LogP contribution is -2.03. The normalized spacial score (nSPS) is 10.8. The lowest BCUT2D eigenvalue weighted by molar-refractivity contribution is 0.940. The molecule has 2 aromatic heterocycles. The molecule has 0 amide bonds. The number of H-pyrrole nitrogens is 1. The Bertz CT molecular complexity index is 483. The summed E-state index contributed by atoms with van der Waals surface area (Å²) in [6.45, 7) is 0. The maximum atomic E-state index is 11.3. The first kappa shape index (κ1) is 7.61. The van der Waals surface area contributed by atoms with Gasteiger partial charge in [0.15, 0.2) is 0 Å². The summed E-state index contributed by atoms with van der Waals surface area (Å²) >= 11 is 3.35. The summed E-state index contributed by atoms with van der Waals surface area (Å²) in [5.41, 5.74) is 0.888. The summed E-state index contributed by atoms with van der Waals surface area (Å²) in [5, 5.41) is 0.715. The Balaban J connectivity index is 3.05. The molecule has 0 aliphatic heterocycles. The predicted octanol–water partition coefficient (Wildman–Crippen LogP) is 1.63. The third kappa shape index (κ3) is 0.914. The highest BCUT2D eigenvalue weighted by atomic mass is 79.9. The first-order chi connectivity index (χ1) is 5.70. The van der Waals surface area contributed by atoms with Gasteiger partial charge in [-0.15, -0.1) is 0 Å². The van der Waals surface area contributed by atoms with Crippen LogP contribution in [0.3, 0.4) is 0 Å². The second kappa shape index (κ2) is 2.48. The summed E-state index contributed by atoms with van der Waals surface area (Å²) in [5.74, 6) is 0. The number of aromatic amines is 1. The minimum Gasteiger partial charge on any atom is -0.338 e. The maximum absolute atomic E-state index is 11.3. The third-order valence-corrected chi connectivity index (χ3v) is 2.68. The molecule has 0 radical (unpaired) electrons. The number of aryl methyl sites for hydroxylation is 1. The van der Waals surface area contributed by atoms with Gasteiger partial charge in [0.2, 0.25) is 0 Å². The molecule has 0 saturated heterocycles. The van der Waals surface area contributed by atoms with Gasteiger partial charge in [-0.05, 0) is 28.1 Å². The second-order valence-corrected chi connectivity index (χ2v) is 3.44. The zero-order valence-electron chi connectivity index (χ0n) is 6.47. The van der Waals surface area contributed by atoms with E-state index in [4.69, 9.17) is 0 Å². The summed E-state index contributed by atoms with van der Waals surface area (Å²) in [7, 11) is 1.91. The molecular weight excluding hydrogens is 220 g/mol. The van der Waals surface area contributed by atoms with Gasteiger partial charge in [0, 0.05) is 13.2 Å². The van der Waals surface area contributed by atoms with Crippen LogP contribution in [0.25, 0.3) is 10.9 Å². The van der Waals surface area contributed by atoms with Crippen molar-refractivity contribution < 1.29 is 0 Å². The Hall–Kier alpha value is -1.03. The molecule has 3 nitrogen and oxygen atoms in total. The number of hydrogen-bond donors (Lipinski definition) is 1. The molecule has 4 heteroatoms. The number of nitrogens with one attached hydrogen (secondary N) is 1. The fourth-order valence-electron chi connectivity index (χ4n) is 1.24. The molecule has 2 aromatic rings. The smallest absolute Gasteiger partial charge is 0.257 e. The number of pyridine rings is 1. The molecule has 0 aliphatic rings. The largest absolute Gasteiger partial charge is 0.338 e. The quantitative estimate of drug-likeness (QED) is 0.729. The molecule has 1 N–H and O–H groups in total. The van der Waals surface area contributed by atoms with Gasteiger partial charge < -0.3 is 9.55 Å². The van der Waals surface area contributed by atoms with Gasteiger partial charge in [0.05, 0.1) is 15.5 Å². The Morgan fingerprint density at radius 3 is 3.00 bits per heavy atom. The molecule has 0 aliphatic carbocycles. The Labute approximate surface area is 77.1 Å². The Morgan fingerprint density at radius 2 is 2.33 bits per heavy atom. The number of halogens is 1. The lowest BCUT2D eigenvalue weighted by Gasteiger charge is -1.94. The van der Waals surface area contributed by atoms with Gasteiger partial charge in [-0.2, -0.15) is 0 Å². The van der Waals surface area contributed by atoms with Gasteiger partial charge in [-0.25, -0.2) is 0 Å². The van der Waals surface area contributed by atoms with E-state index >= 15 is 0 Å². The lowest BCUT2D eigenvalue weighted by atomic mass is 10.3. The minimum atomic E-state index is -0.0474. The van der Waals surface area contributed by atoms with Crippen LogP contribution in [-0.4, -0.2) is 9.55 Å². The van der Waals surface area contributed by atoms with Crippen LogP contribution in [0, 0.1) is 0 Å². The van der Waals surface area contributed by atoms with Gasteiger partial charge in [-0.3, -0.25) is 4.79 Å². The van der Waals surface area contributed by atoms with Crippen LogP contribution < -0.4 is 5.56 Å². The van der Waals surface area contributed by atoms with Crippen LogP contribution >= 0.6 is 15.9 Å². The molecule has 0 bridgehead atoms. The molecule has 2 rings (SSSR count). The molecule has 0 fully saturated rings. The van der Waals surface area contributed by atoms with E-state index in [-0.39, 0.29) is 5.56 Å². The molecule has 0 spiro atoms. The van der Waals surface area contributed by atoms with Crippen molar-refractivity contribution in [3.8, 4) is 0 Å². The van der Waals surface area contributed by atoms with E-state index in [0.717, 1.165) is 10.1 Å². The van der Waals surface area contributed by atoms with Crippen LogP contribution in [0.1, 0.15) is 0 Å². The average Bonchev–Trinajstić information content (AvgIpc) is 2.32. The van der Waals surface area contributed by atoms with Crippen molar-refractivity contribution in [3.63, 3.8) is 0 Å². The fourth-order valence-corrected chi connectivity index (χ4v) is 1.66. The SMILES string of the molecule is Cn1c(Br)cc2c(=O)[nH]ccc21. The maximum Gasteiger partial charge on any atom is 0.257 e. The number of rotatable bonds is 0. The van der Waals surface area contributed by atoms with Crippen molar-refractivity contribution in [2.45, 2.75) is 0 Å². The summed E-state index contributed by atoms with van der Waals surface area (Å²) in [6.07, 6.45) is 1.65. The van der Waals surface area contributed by atoms with E-state index in [2.05, 4.69) is 20.9 Å². The van der Waals surface area contributed by atoms with E-state index in [0.29, 0.717) is 5.39 Å². The van der Waals surface area contributed by atoms with E-state index in [9.17, 15) is 4.79 Å². The number of hydrogen-bond acceptors (Lipinski definition) is 1. The van der Waals surface area contributed by atoms with Crippen LogP contribution in [0.15, 0.2) is 27.7 Å². The van der Waals surface area contributed by atoms with Gasteiger partial charge in [0.25, 0.3) is 5.56 Å². The van der Waals surface area contributed by atoms with Gasteiger partial charge in [-0.1, -0.05) is 0 Å². The highest BCUT2D eigenvalue weighted by Gasteiger charge is 2.04. The third-order valence-electron chi connectivity index (χ3n) is 1.92. The second-order valence-electron chi connectivity index (χ2n) is 2.63. The highest BCUT2D eigenvalue weighted by molar-refractivity contribution is 9.10. The average molecular weight is 227 g/mol. The van der Waals surface area contributed by atoms with Gasteiger partial charge >= 0.3 is 0 Å². The zero-order chi connectivity index (χ0) is 8.72. The molecule has 12 heavy (non-hydrogen) atoms. The Kier molecular flexibility index (Phi) is 1.58. The predicted molar refractivity (Wildman–Crippen MR) is 51.2 cm³/mol. The number of aromatic nitrogens is 2. The van der Waals surface area contributed by atoms with Crippen molar-refractivity contribution in [1.82, 2.24) is 9.55 Å². The van der Waals surface area contributed by atoms with Crippen LogP contribution in [0.5, 0.6) is 0 Å². The molecule has 0 aromatic carbocycles. The van der Waals surface area contributed by atoms with Crippen molar-refractivity contribution in [1.29, 1.82) is 0 Å². The van der Waals surface area contributed by atoms with E-state index in [1.165, 1.54) is 0 Å². The first-order valence-corrected chi connectivity index (χ1v) is 4.32. The van der Waals surface area contributed by atoms with E-state index in [1.54, 1.807) is 6.20 Å². The van der Waals surface area contributed by atoms with E-state index < -0.39 is 0 Å². The summed E-state index contributed by atoms with van der Waals surface area (Å²) in [4.78, 5) is 13.9. The summed E-state index contributed by atoms with van der Waals surface area (Å²) < 4.78 is 2.83. The monoisotopic (exact) mass is 226 g/mol. The molecule has 2 heterocycles. The zero-order valence-corrected chi connectivity index (χ0v) is 8.05. The fraction of sp³-hybridized carbons (Fsp3) is 0.125. The summed E-state index contributed by atoms with van der Waals surface area (Å²) in [6, 6.07) is 3.69. The number of nitrogens with zero attached hydrogens (tertiary/aromatic N) is 1. The van der Waals surface area contributed by atoms with Crippen molar-refractivity contribution in [3.05, 3.63) is 33.3 Å². The molecular formula is C8H7BrN2O. The molecule has 62 valence electrons. The van der Waals surface area contributed by atoms with Crippen LogP contribution in [0.4, 0.5) is 0 Å². The number of fused-ring (bicyclic) bond motifs is 1. The Morgan fingerprint density at radius 1 is 1.58 bits per heavy atom. The van der Waals surface area contributed by atoms with Crippen molar-refractivity contribution in [2.24, 2.45) is 7.05 Å². The van der Waals surface area contributed by atoms with E-state index in [1.807, 2.05) is 23.7 Å². The van der Waals surface area contributed by atoms with Crippen molar-refractivity contribution in [2.75, 3.05) is 0 Å². The van der Waals surface area contributed by atoms with Crippen LogP contribution in [0.2, 0.25) is 0 Å². The van der Waals surface area contributed by atoms with Crippen LogP contribution in [-0.2, 0) is 7.05 Å². The van der Waals surface area contributed by atoms with Gasteiger partial charge in [0.1, 0.15) is 0 Å². The van der Waals surface area contributed by atoms with Crippen molar-refractivity contribution >= 4 is 26.8 Å². The molecule has 0 unspecified atom stereocenters. The minimum absolute atomic E-state index is 0.0474. The molecule has 0 saturated carbocycles. The standard InChI is InChI=1S/C8H7BrN2O/c1-11-6-2-3-10-8(12)5(6)4-7(11)9/h2-4H,1H3,(H,10,12). The topological polar surface area (TPSA) is 37.8 Å². The first-order valence-electron chi connectivity index (χ1n) is 3.53. The highest BCUT2D eigenvalue weighted by Crippen LogP contribution is 2.18. The molecule has 0 atom stereocenters.